The number of aryl methyl sites for hydroxylation is 1. The van der Waals surface area contributed by atoms with Crippen LogP contribution in [0.3, 0.4) is 0 Å². The highest BCUT2D eigenvalue weighted by Gasteiger charge is 2.28. The van der Waals surface area contributed by atoms with Crippen molar-refractivity contribution < 1.29 is 0 Å². The molecule has 0 saturated carbocycles. The predicted octanol–water partition coefficient (Wildman–Crippen LogP) is 2.12. The molecule has 0 unspecified atom stereocenters. The summed E-state index contributed by atoms with van der Waals surface area (Å²) in [5.41, 5.74) is 7.80. The van der Waals surface area contributed by atoms with E-state index in [0.717, 1.165) is 23.7 Å². The number of hydrogen-bond donors (Lipinski definition) is 2. The third kappa shape index (κ3) is 3.13. The number of nitrogens with one attached hydrogen (secondary N) is 1. The zero-order valence-corrected chi connectivity index (χ0v) is 11.7. The van der Waals surface area contributed by atoms with Gasteiger partial charge in [0.1, 0.15) is 5.82 Å². The Balaban J connectivity index is 1.92. The van der Waals surface area contributed by atoms with Crippen molar-refractivity contribution >= 4 is 11.5 Å². The van der Waals surface area contributed by atoms with Gasteiger partial charge < -0.3 is 16.0 Å². The summed E-state index contributed by atoms with van der Waals surface area (Å²) < 4.78 is 0. The van der Waals surface area contributed by atoms with E-state index in [9.17, 15) is 0 Å². The Morgan fingerprint density at radius 1 is 1.39 bits per heavy atom. The minimum atomic E-state index is 0.378. The summed E-state index contributed by atoms with van der Waals surface area (Å²) in [4.78, 5) is 6.85. The second kappa shape index (κ2) is 5.14. The molecule has 4 heteroatoms. The van der Waals surface area contributed by atoms with Gasteiger partial charge in [-0.05, 0) is 57.5 Å². The van der Waals surface area contributed by atoms with Crippen LogP contribution in [0.15, 0.2) is 12.1 Å². The van der Waals surface area contributed by atoms with E-state index in [1.165, 1.54) is 25.9 Å². The molecule has 4 nitrogen and oxygen atoms in total. The summed E-state index contributed by atoms with van der Waals surface area (Å²) >= 11 is 0. The molecule has 0 aliphatic carbocycles. The first-order valence-electron chi connectivity index (χ1n) is 6.64. The number of anilines is 2. The summed E-state index contributed by atoms with van der Waals surface area (Å²) in [5, 5.41) is 3.45. The fraction of sp³-hybridized carbons (Fsp3) is 0.643. The monoisotopic (exact) mass is 248 g/mol. The van der Waals surface area contributed by atoms with Crippen LogP contribution in [-0.4, -0.2) is 36.6 Å². The highest BCUT2D eigenvalue weighted by atomic mass is 15.1. The van der Waals surface area contributed by atoms with Crippen molar-refractivity contribution in [3.8, 4) is 0 Å². The average molecular weight is 248 g/mol. The summed E-state index contributed by atoms with van der Waals surface area (Å²) in [7, 11) is 2.19. The van der Waals surface area contributed by atoms with E-state index in [2.05, 4.69) is 29.2 Å². The van der Waals surface area contributed by atoms with Gasteiger partial charge in [-0.1, -0.05) is 6.92 Å². The van der Waals surface area contributed by atoms with Gasteiger partial charge in [-0.15, -0.1) is 0 Å². The Hall–Kier alpha value is -1.29. The Bertz CT molecular complexity index is 408. The summed E-state index contributed by atoms with van der Waals surface area (Å²) in [6, 6.07) is 3.88. The number of likely N-dealkylation sites (tertiary alicyclic amines) is 1. The zero-order chi connectivity index (χ0) is 13.2. The molecule has 100 valence electrons. The molecule has 1 fully saturated rings. The number of nitrogens with zero attached hydrogens (tertiary/aromatic N) is 2. The Labute approximate surface area is 110 Å². The molecule has 2 rings (SSSR count). The smallest absolute Gasteiger partial charge is 0.126 e. The van der Waals surface area contributed by atoms with E-state index in [0.29, 0.717) is 5.41 Å². The lowest BCUT2D eigenvalue weighted by Gasteiger charge is -2.38. The van der Waals surface area contributed by atoms with Crippen LogP contribution in [0.25, 0.3) is 0 Å². The van der Waals surface area contributed by atoms with E-state index in [-0.39, 0.29) is 0 Å². The molecular weight excluding hydrogens is 224 g/mol. The number of nitrogen functional groups attached to an aromatic ring is 1. The van der Waals surface area contributed by atoms with Crippen LogP contribution in [0.4, 0.5) is 11.5 Å². The first-order chi connectivity index (χ1) is 8.48. The van der Waals surface area contributed by atoms with Crippen molar-refractivity contribution in [2.75, 3.05) is 37.7 Å². The first-order valence-corrected chi connectivity index (χ1v) is 6.64. The minimum absolute atomic E-state index is 0.378. The SMILES string of the molecule is Cc1nc(NCC2(C)CCN(C)CC2)ccc1N. The van der Waals surface area contributed by atoms with Crippen molar-refractivity contribution in [2.45, 2.75) is 26.7 Å². The van der Waals surface area contributed by atoms with Crippen LogP contribution in [0, 0.1) is 12.3 Å². The lowest BCUT2D eigenvalue weighted by Crippen LogP contribution is -2.40. The Morgan fingerprint density at radius 3 is 2.67 bits per heavy atom. The van der Waals surface area contributed by atoms with Crippen LogP contribution in [-0.2, 0) is 0 Å². The lowest BCUT2D eigenvalue weighted by atomic mass is 9.80. The quantitative estimate of drug-likeness (QED) is 0.860. The van der Waals surface area contributed by atoms with Gasteiger partial charge >= 0.3 is 0 Å². The second-order valence-electron chi connectivity index (χ2n) is 5.84. The fourth-order valence-electron chi connectivity index (χ4n) is 2.31. The van der Waals surface area contributed by atoms with Gasteiger partial charge in [0.25, 0.3) is 0 Å². The Kier molecular flexibility index (Phi) is 3.76. The Morgan fingerprint density at radius 2 is 2.06 bits per heavy atom. The normalized spacial score (nSPS) is 19.7. The van der Waals surface area contributed by atoms with Crippen molar-refractivity contribution in [2.24, 2.45) is 5.41 Å². The average Bonchev–Trinajstić information content (AvgIpc) is 2.35. The van der Waals surface area contributed by atoms with Gasteiger partial charge in [-0.2, -0.15) is 0 Å². The molecule has 1 aliphatic heterocycles. The third-order valence-electron chi connectivity index (χ3n) is 4.02. The predicted molar refractivity (Wildman–Crippen MR) is 76.7 cm³/mol. The number of hydrogen-bond acceptors (Lipinski definition) is 4. The first kappa shape index (κ1) is 13.1. The largest absolute Gasteiger partial charge is 0.397 e. The van der Waals surface area contributed by atoms with Gasteiger partial charge in [0, 0.05) is 6.54 Å². The molecule has 1 aromatic rings. The van der Waals surface area contributed by atoms with E-state index in [1.54, 1.807) is 0 Å². The number of aromatic nitrogens is 1. The summed E-state index contributed by atoms with van der Waals surface area (Å²) in [5.74, 6) is 0.932. The van der Waals surface area contributed by atoms with Crippen LogP contribution in [0.5, 0.6) is 0 Å². The topological polar surface area (TPSA) is 54.2 Å². The molecule has 0 atom stereocenters. The van der Waals surface area contributed by atoms with E-state index >= 15 is 0 Å². The van der Waals surface area contributed by atoms with Crippen molar-refractivity contribution in [3.63, 3.8) is 0 Å². The molecule has 1 aromatic heterocycles. The van der Waals surface area contributed by atoms with Gasteiger partial charge in [0.15, 0.2) is 0 Å². The van der Waals surface area contributed by atoms with Crippen LogP contribution in [0.1, 0.15) is 25.5 Å². The van der Waals surface area contributed by atoms with Crippen LogP contribution >= 0.6 is 0 Å². The van der Waals surface area contributed by atoms with E-state index in [1.807, 2.05) is 19.1 Å². The molecule has 0 amide bonds. The lowest BCUT2D eigenvalue weighted by molar-refractivity contribution is 0.150. The second-order valence-corrected chi connectivity index (χ2v) is 5.84. The molecular formula is C14H24N4. The third-order valence-corrected chi connectivity index (χ3v) is 4.02. The zero-order valence-electron chi connectivity index (χ0n) is 11.7. The van der Waals surface area contributed by atoms with E-state index < -0.39 is 0 Å². The van der Waals surface area contributed by atoms with Gasteiger partial charge in [-0.25, -0.2) is 4.98 Å². The molecule has 1 saturated heterocycles. The minimum Gasteiger partial charge on any atom is -0.397 e. The molecule has 0 radical (unpaired) electrons. The molecule has 2 heterocycles. The van der Waals surface area contributed by atoms with Crippen molar-refractivity contribution in [3.05, 3.63) is 17.8 Å². The van der Waals surface area contributed by atoms with Gasteiger partial charge in [0.2, 0.25) is 0 Å². The highest BCUT2D eigenvalue weighted by Crippen LogP contribution is 2.30. The molecule has 1 aliphatic rings. The van der Waals surface area contributed by atoms with Gasteiger partial charge in [-0.3, -0.25) is 0 Å². The summed E-state index contributed by atoms with van der Waals surface area (Å²) in [6.07, 6.45) is 2.48. The number of pyridine rings is 1. The van der Waals surface area contributed by atoms with Crippen molar-refractivity contribution in [1.29, 1.82) is 0 Å². The highest BCUT2D eigenvalue weighted by molar-refractivity contribution is 5.49. The number of nitrogens with two attached hydrogens (primary N) is 1. The van der Waals surface area contributed by atoms with Crippen LogP contribution < -0.4 is 11.1 Å². The molecule has 3 N–H and O–H groups in total. The maximum Gasteiger partial charge on any atom is 0.126 e. The standard InChI is InChI=1S/C14H24N4/c1-11-12(15)4-5-13(17-11)16-10-14(2)6-8-18(3)9-7-14/h4-5H,6-10,15H2,1-3H3,(H,16,17). The number of rotatable bonds is 3. The molecule has 0 aromatic carbocycles. The maximum absolute atomic E-state index is 5.77. The number of piperidine rings is 1. The maximum atomic E-state index is 5.77. The molecule has 18 heavy (non-hydrogen) atoms. The molecule has 0 spiro atoms. The van der Waals surface area contributed by atoms with Crippen LogP contribution in [0.2, 0.25) is 0 Å². The fourth-order valence-corrected chi connectivity index (χ4v) is 2.31. The molecule has 0 bridgehead atoms. The summed E-state index contributed by atoms with van der Waals surface area (Å²) in [6.45, 7) is 7.66. The van der Waals surface area contributed by atoms with E-state index in [4.69, 9.17) is 5.73 Å². The van der Waals surface area contributed by atoms with Gasteiger partial charge in [0.05, 0.1) is 11.4 Å². The van der Waals surface area contributed by atoms with Crippen molar-refractivity contribution in [1.82, 2.24) is 9.88 Å².